The summed E-state index contributed by atoms with van der Waals surface area (Å²) >= 11 is 0. The maximum atomic E-state index is 5.10. The van der Waals surface area contributed by atoms with Gasteiger partial charge in [-0.15, -0.1) is 0 Å². The fourth-order valence-corrected chi connectivity index (χ4v) is 2.09. The molecule has 0 aromatic heterocycles. The van der Waals surface area contributed by atoms with Gasteiger partial charge in [0.1, 0.15) is 0 Å². The Labute approximate surface area is 109 Å². The van der Waals surface area contributed by atoms with Crippen LogP contribution >= 0.6 is 0 Å². The first-order valence-corrected chi connectivity index (χ1v) is 6.51. The van der Waals surface area contributed by atoms with E-state index in [1.807, 2.05) is 0 Å². The second kappa shape index (κ2) is 6.85. The van der Waals surface area contributed by atoms with Crippen molar-refractivity contribution in [3.63, 3.8) is 0 Å². The second-order valence-corrected chi connectivity index (χ2v) is 4.87. The number of ether oxygens (including phenoxy) is 1. The van der Waals surface area contributed by atoms with E-state index in [0.29, 0.717) is 6.61 Å². The molecule has 1 aliphatic heterocycles. The van der Waals surface area contributed by atoms with Gasteiger partial charge in [-0.3, -0.25) is 5.43 Å². The van der Waals surface area contributed by atoms with Gasteiger partial charge in [0, 0.05) is 39.8 Å². The minimum absolute atomic E-state index is 0.687. The highest BCUT2D eigenvalue weighted by molar-refractivity contribution is 5.21. The van der Waals surface area contributed by atoms with Crippen LogP contribution < -0.4 is 5.43 Å². The van der Waals surface area contributed by atoms with E-state index in [0.717, 1.165) is 32.7 Å². The van der Waals surface area contributed by atoms with Gasteiger partial charge in [0.15, 0.2) is 0 Å². The predicted octanol–water partition coefficient (Wildman–Crippen LogP) is 1.08. The van der Waals surface area contributed by atoms with E-state index in [-0.39, 0.29) is 0 Å². The normalized spacial score (nSPS) is 18.1. The van der Waals surface area contributed by atoms with Gasteiger partial charge in [-0.1, -0.05) is 24.3 Å². The van der Waals surface area contributed by atoms with Crippen LogP contribution in [-0.2, 0) is 17.9 Å². The van der Waals surface area contributed by atoms with Crippen LogP contribution in [0.1, 0.15) is 11.1 Å². The van der Waals surface area contributed by atoms with Crippen molar-refractivity contribution in [1.29, 1.82) is 0 Å². The summed E-state index contributed by atoms with van der Waals surface area (Å²) in [6.45, 7) is 6.05. The highest BCUT2D eigenvalue weighted by atomic mass is 16.5. The molecule has 0 bridgehead atoms. The van der Waals surface area contributed by atoms with Gasteiger partial charge in [-0.2, -0.15) is 0 Å². The molecule has 0 saturated carbocycles. The molecule has 100 valence electrons. The Hall–Kier alpha value is -0.940. The highest BCUT2D eigenvalue weighted by Crippen LogP contribution is 2.06. The van der Waals surface area contributed by atoms with Gasteiger partial charge >= 0.3 is 0 Å². The number of benzene rings is 1. The maximum absolute atomic E-state index is 5.10. The quantitative estimate of drug-likeness (QED) is 0.845. The molecule has 1 aromatic rings. The standard InChI is InChI=1S/C14H23N3O/c1-16-7-9-17(10-8-16)15-11-13-3-5-14(6-4-13)12-18-2/h3-6,15H,7-12H2,1-2H3. The molecule has 1 fully saturated rings. The van der Waals surface area contributed by atoms with Crippen LogP contribution in [0.25, 0.3) is 0 Å². The zero-order valence-electron chi connectivity index (χ0n) is 11.4. The van der Waals surface area contributed by atoms with E-state index in [2.05, 4.69) is 46.6 Å². The summed E-state index contributed by atoms with van der Waals surface area (Å²) in [7, 11) is 3.90. The van der Waals surface area contributed by atoms with Crippen LogP contribution in [0.5, 0.6) is 0 Å². The van der Waals surface area contributed by atoms with Crippen LogP contribution in [0.3, 0.4) is 0 Å². The fourth-order valence-electron chi connectivity index (χ4n) is 2.09. The van der Waals surface area contributed by atoms with Crippen LogP contribution in [0.2, 0.25) is 0 Å². The molecule has 1 heterocycles. The van der Waals surface area contributed by atoms with Crippen molar-refractivity contribution in [3.8, 4) is 0 Å². The lowest BCUT2D eigenvalue weighted by molar-refractivity contribution is 0.102. The molecule has 1 aliphatic rings. The number of likely N-dealkylation sites (N-methyl/N-ethyl adjacent to an activating group) is 1. The molecule has 0 aliphatic carbocycles. The zero-order valence-corrected chi connectivity index (χ0v) is 11.4. The number of hydrogen-bond acceptors (Lipinski definition) is 4. The summed E-state index contributed by atoms with van der Waals surface area (Å²) in [6, 6.07) is 8.59. The number of methoxy groups -OCH3 is 1. The number of nitrogens with one attached hydrogen (secondary N) is 1. The van der Waals surface area contributed by atoms with Gasteiger partial charge in [-0.05, 0) is 18.2 Å². The summed E-state index contributed by atoms with van der Waals surface area (Å²) in [6.07, 6.45) is 0. The van der Waals surface area contributed by atoms with E-state index >= 15 is 0 Å². The first-order valence-electron chi connectivity index (χ1n) is 6.51. The Kier molecular flexibility index (Phi) is 5.13. The van der Waals surface area contributed by atoms with Crippen LogP contribution in [0, 0.1) is 0 Å². The van der Waals surface area contributed by atoms with Crippen molar-refractivity contribution in [2.45, 2.75) is 13.2 Å². The summed E-state index contributed by atoms with van der Waals surface area (Å²) < 4.78 is 5.10. The molecular formula is C14H23N3O. The molecule has 1 saturated heterocycles. The monoisotopic (exact) mass is 249 g/mol. The zero-order chi connectivity index (χ0) is 12.8. The Morgan fingerprint density at radius 1 is 1.06 bits per heavy atom. The van der Waals surface area contributed by atoms with Crippen LogP contribution in [0.4, 0.5) is 0 Å². The molecule has 0 unspecified atom stereocenters. The smallest absolute Gasteiger partial charge is 0.0713 e. The topological polar surface area (TPSA) is 27.7 Å². The third-order valence-corrected chi connectivity index (χ3v) is 3.34. The summed E-state index contributed by atoms with van der Waals surface area (Å²) in [5.74, 6) is 0. The van der Waals surface area contributed by atoms with Crippen LogP contribution in [0.15, 0.2) is 24.3 Å². The van der Waals surface area contributed by atoms with E-state index in [9.17, 15) is 0 Å². The lowest BCUT2D eigenvalue weighted by Gasteiger charge is -2.32. The fraction of sp³-hybridized carbons (Fsp3) is 0.571. The van der Waals surface area contributed by atoms with Crippen molar-refractivity contribution in [2.24, 2.45) is 0 Å². The van der Waals surface area contributed by atoms with Crippen molar-refractivity contribution < 1.29 is 4.74 Å². The number of rotatable bonds is 5. The third kappa shape index (κ3) is 4.07. The number of hydrazine groups is 1. The first kappa shape index (κ1) is 13.5. The van der Waals surface area contributed by atoms with E-state index in [4.69, 9.17) is 4.74 Å². The van der Waals surface area contributed by atoms with Gasteiger partial charge in [0.25, 0.3) is 0 Å². The molecule has 0 amide bonds. The molecule has 0 radical (unpaired) electrons. The van der Waals surface area contributed by atoms with Gasteiger partial charge in [0.2, 0.25) is 0 Å². The molecule has 18 heavy (non-hydrogen) atoms. The number of hydrogen-bond donors (Lipinski definition) is 1. The Morgan fingerprint density at radius 3 is 2.28 bits per heavy atom. The second-order valence-electron chi connectivity index (χ2n) is 4.87. The predicted molar refractivity (Wildman–Crippen MR) is 73.1 cm³/mol. The SMILES string of the molecule is COCc1ccc(CNN2CCN(C)CC2)cc1. The lowest BCUT2D eigenvalue weighted by atomic mass is 10.1. The molecular weight excluding hydrogens is 226 g/mol. The van der Waals surface area contributed by atoms with Crippen molar-refractivity contribution in [3.05, 3.63) is 35.4 Å². The Bertz CT molecular complexity index is 345. The Balaban J connectivity index is 1.76. The van der Waals surface area contributed by atoms with E-state index < -0.39 is 0 Å². The number of nitrogens with zero attached hydrogens (tertiary/aromatic N) is 2. The third-order valence-electron chi connectivity index (χ3n) is 3.34. The van der Waals surface area contributed by atoms with E-state index in [1.165, 1.54) is 11.1 Å². The van der Waals surface area contributed by atoms with E-state index in [1.54, 1.807) is 7.11 Å². The summed E-state index contributed by atoms with van der Waals surface area (Å²) in [5.41, 5.74) is 6.02. The summed E-state index contributed by atoms with van der Waals surface area (Å²) in [4.78, 5) is 2.36. The average molecular weight is 249 g/mol. The molecule has 0 spiro atoms. The number of piperazine rings is 1. The average Bonchev–Trinajstić information content (AvgIpc) is 2.40. The molecule has 0 atom stereocenters. The highest BCUT2D eigenvalue weighted by Gasteiger charge is 2.12. The van der Waals surface area contributed by atoms with Gasteiger partial charge in [0.05, 0.1) is 6.61 Å². The lowest BCUT2D eigenvalue weighted by Crippen LogP contribution is -2.50. The van der Waals surface area contributed by atoms with Gasteiger partial charge < -0.3 is 9.64 Å². The molecule has 1 N–H and O–H groups in total. The largest absolute Gasteiger partial charge is 0.380 e. The maximum Gasteiger partial charge on any atom is 0.0713 e. The molecule has 1 aromatic carbocycles. The van der Waals surface area contributed by atoms with Gasteiger partial charge in [-0.25, -0.2) is 5.01 Å². The van der Waals surface area contributed by atoms with Crippen molar-refractivity contribution in [1.82, 2.24) is 15.3 Å². The van der Waals surface area contributed by atoms with Crippen LogP contribution in [-0.4, -0.2) is 50.2 Å². The Morgan fingerprint density at radius 2 is 1.67 bits per heavy atom. The van der Waals surface area contributed by atoms with Crippen molar-refractivity contribution in [2.75, 3.05) is 40.3 Å². The summed E-state index contributed by atoms with van der Waals surface area (Å²) in [5, 5.41) is 2.31. The van der Waals surface area contributed by atoms with Crippen molar-refractivity contribution >= 4 is 0 Å². The molecule has 2 rings (SSSR count). The first-order chi connectivity index (χ1) is 8.78. The minimum atomic E-state index is 0.687. The minimum Gasteiger partial charge on any atom is -0.380 e. The molecule has 4 heteroatoms. The molecule has 4 nitrogen and oxygen atoms in total.